The van der Waals surface area contributed by atoms with Crippen LogP contribution in [0.2, 0.25) is 5.02 Å². The van der Waals surface area contributed by atoms with E-state index in [-0.39, 0.29) is 16.3 Å². The first-order valence-electron chi connectivity index (χ1n) is 5.43. The Kier molecular flexibility index (Phi) is 3.11. The lowest BCUT2D eigenvalue weighted by Gasteiger charge is -2.38. The van der Waals surface area contributed by atoms with Gasteiger partial charge in [-0.2, -0.15) is 4.39 Å². The maximum atomic E-state index is 13.8. The van der Waals surface area contributed by atoms with Crippen molar-refractivity contribution in [3.63, 3.8) is 0 Å². The highest BCUT2D eigenvalue weighted by atomic mass is 35.5. The highest BCUT2D eigenvalue weighted by Crippen LogP contribution is 2.50. The SMILES string of the molecule is COc1c(Cl)cc(C2(C(=O)O)CCC2)c(O)c1F. The molecule has 0 aliphatic heterocycles. The molecule has 1 aliphatic rings. The van der Waals surface area contributed by atoms with Crippen molar-refractivity contribution in [3.05, 3.63) is 22.5 Å². The molecule has 0 atom stereocenters. The number of methoxy groups -OCH3 is 1. The molecule has 0 radical (unpaired) electrons. The number of carbonyl (C=O) groups is 1. The topological polar surface area (TPSA) is 66.8 Å². The second-order valence-electron chi connectivity index (χ2n) is 4.34. The summed E-state index contributed by atoms with van der Waals surface area (Å²) in [6, 6.07) is 1.27. The van der Waals surface area contributed by atoms with E-state index in [0.29, 0.717) is 12.8 Å². The van der Waals surface area contributed by atoms with E-state index in [2.05, 4.69) is 0 Å². The van der Waals surface area contributed by atoms with Crippen LogP contribution >= 0.6 is 11.6 Å². The van der Waals surface area contributed by atoms with Crippen LogP contribution in [-0.4, -0.2) is 23.3 Å². The van der Waals surface area contributed by atoms with Crippen molar-refractivity contribution in [2.24, 2.45) is 0 Å². The molecule has 1 fully saturated rings. The molecule has 0 amide bonds. The Morgan fingerprint density at radius 1 is 1.56 bits per heavy atom. The normalized spacial score (nSPS) is 17.1. The Labute approximate surface area is 108 Å². The van der Waals surface area contributed by atoms with Gasteiger partial charge >= 0.3 is 5.97 Å². The summed E-state index contributed by atoms with van der Waals surface area (Å²) in [4.78, 5) is 11.3. The molecule has 0 aromatic heterocycles. The second kappa shape index (κ2) is 4.31. The van der Waals surface area contributed by atoms with Crippen molar-refractivity contribution >= 4 is 17.6 Å². The predicted molar refractivity (Wildman–Crippen MR) is 62.8 cm³/mol. The maximum Gasteiger partial charge on any atom is 0.314 e. The number of halogens is 2. The predicted octanol–water partition coefficient (Wildman–Crippen LogP) is 2.70. The molecular weight excluding hydrogens is 263 g/mol. The molecule has 1 aliphatic carbocycles. The zero-order valence-electron chi connectivity index (χ0n) is 9.67. The molecule has 0 spiro atoms. The fourth-order valence-corrected chi connectivity index (χ4v) is 2.54. The molecule has 18 heavy (non-hydrogen) atoms. The Hall–Kier alpha value is -1.49. The van der Waals surface area contributed by atoms with Gasteiger partial charge in [-0.25, -0.2) is 0 Å². The first-order chi connectivity index (χ1) is 8.44. The maximum absolute atomic E-state index is 13.8. The van der Waals surface area contributed by atoms with Crippen molar-refractivity contribution in [2.45, 2.75) is 24.7 Å². The number of phenolic OH excluding ortho intramolecular Hbond substituents is 1. The fourth-order valence-electron chi connectivity index (χ4n) is 2.27. The molecule has 0 unspecified atom stereocenters. The van der Waals surface area contributed by atoms with E-state index in [1.54, 1.807) is 0 Å². The molecule has 2 N–H and O–H groups in total. The number of hydrogen-bond acceptors (Lipinski definition) is 3. The van der Waals surface area contributed by atoms with Crippen LogP contribution in [0.5, 0.6) is 11.5 Å². The van der Waals surface area contributed by atoms with Gasteiger partial charge in [-0.15, -0.1) is 0 Å². The third-order valence-electron chi connectivity index (χ3n) is 3.49. The lowest BCUT2D eigenvalue weighted by atomic mass is 9.64. The van der Waals surface area contributed by atoms with Gasteiger partial charge in [0.05, 0.1) is 17.5 Å². The van der Waals surface area contributed by atoms with Crippen molar-refractivity contribution in [2.75, 3.05) is 7.11 Å². The number of benzene rings is 1. The van der Waals surface area contributed by atoms with Gasteiger partial charge in [-0.05, 0) is 18.9 Å². The minimum atomic E-state index is -1.24. The summed E-state index contributed by atoms with van der Waals surface area (Å²) in [6.07, 6.45) is 1.44. The number of ether oxygens (including phenoxy) is 1. The van der Waals surface area contributed by atoms with Crippen LogP contribution in [0.15, 0.2) is 6.07 Å². The van der Waals surface area contributed by atoms with E-state index in [0.717, 1.165) is 6.42 Å². The number of hydrogen-bond donors (Lipinski definition) is 2. The summed E-state index contributed by atoms with van der Waals surface area (Å²) in [5, 5.41) is 19.0. The lowest BCUT2D eigenvalue weighted by molar-refractivity contribution is -0.147. The number of aliphatic carboxylic acids is 1. The third-order valence-corrected chi connectivity index (χ3v) is 3.77. The highest BCUT2D eigenvalue weighted by molar-refractivity contribution is 6.32. The Morgan fingerprint density at radius 2 is 2.17 bits per heavy atom. The Balaban J connectivity index is 2.62. The molecule has 0 heterocycles. The summed E-state index contributed by atoms with van der Waals surface area (Å²) in [5.74, 6) is -3.08. The first-order valence-corrected chi connectivity index (χ1v) is 5.80. The van der Waals surface area contributed by atoms with Crippen LogP contribution in [0.1, 0.15) is 24.8 Å². The number of phenols is 1. The van der Waals surface area contributed by atoms with E-state index >= 15 is 0 Å². The third kappa shape index (κ3) is 1.61. The molecule has 2 rings (SSSR count). The molecule has 1 saturated carbocycles. The minimum absolute atomic E-state index is 0.0181. The van der Waals surface area contributed by atoms with Gasteiger partial charge in [0.1, 0.15) is 0 Å². The molecule has 0 saturated heterocycles. The summed E-state index contributed by atoms with van der Waals surface area (Å²) in [6.45, 7) is 0. The van der Waals surface area contributed by atoms with Crippen LogP contribution in [-0.2, 0) is 10.2 Å². The van der Waals surface area contributed by atoms with Crippen molar-refractivity contribution in [1.82, 2.24) is 0 Å². The average Bonchev–Trinajstić information content (AvgIpc) is 2.23. The largest absolute Gasteiger partial charge is 0.505 e. The van der Waals surface area contributed by atoms with E-state index in [1.165, 1.54) is 13.2 Å². The van der Waals surface area contributed by atoms with Crippen molar-refractivity contribution in [3.8, 4) is 11.5 Å². The molecule has 0 bridgehead atoms. The van der Waals surface area contributed by atoms with Crippen LogP contribution in [0.4, 0.5) is 4.39 Å². The standard InChI is InChI=1S/C12H12ClFO4/c1-18-10-7(13)5-6(9(15)8(10)14)12(11(16)17)3-2-4-12/h5,15H,2-4H2,1H3,(H,16,17). The molecular formula is C12H12ClFO4. The van der Waals surface area contributed by atoms with Gasteiger partial charge in [0, 0.05) is 5.56 Å². The summed E-state index contributed by atoms with van der Waals surface area (Å²) in [5.41, 5.74) is -1.22. The smallest absolute Gasteiger partial charge is 0.314 e. The van der Waals surface area contributed by atoms with Gasteiger partial charge in [-0.1, -0.05) is 18.0 Å². The Bertz CT molecular complexity index is 511. The number of carboxylic acid groups (broad SMARTS) is 1. The van der Waals surface area contributed by atoms with E-state index < -0.39 is 23.0 Å². The molecule has 1 aromatic rings. The van der Waals surface area contributed by atoms with Gasteiger partial charge in [0.2, 0.25) is 5.82 Å². The van der Waals surface area contributed by atoms with Crippen LogP contribution in [0.3, 0.4) is 0 Å². The molecule has 1 aromatic carbocycles. The van der Waals surface area contributed by atoms with Gasteiger partial charge in [0.25, 0.3) is 0 Å². The van der Waals surface area contributed by atoms with Crippen LogP contribution in [0.25, 0.3) is 0 Å². The summed E-state index contributed by atoms with van der Waals surface area (Å²) >= 11 is 5.83. The van der Waals surface area contributed by atoms with Gasteiger partial charge in [-0.3, -0.25) is 4.79 Å². The molecule has 6 heteroatoms. The first kappa shape index (κ1) is 13.0. The Morgan fingerprint density at radius 3 is 2.56 bits per heavy atom. The fraction of sp³-hybridized carbons (Fsp3) is 0.417. The lowest BCUT2D eigenvalue weighted by Crippen LogP contribution is -2.42. The summed E-state index contributed by atoms with van der Waals surface area (Å²) < 4.78 is 18.5. The van der Waals surface area contributed by atoms with Gasteiger partial charge < -0.3 is 14.9 Å². The van der Waals surface area contributed by atoms with E-state index in [9.17, 15) is 19.4 Å². The molecule has 98 valence electrons. The van der Waals surface area contributed by atoms with Gasteiger partial charge in [0.15, 0.2) is 11.5 Å². The van der Waals surface area contributed by atoms with E-state index in [1.807, 2.05) is 0 Å². The minimum Gasteiger partial charge on any atom is -0.505 e. The van der Waals surface area contributed by atoms with Crippen LogP contribution in [0, 0.1) is 5.82 Å². The zero-order chi connectivity index (χ0) is 13.5. The number of rotatable bonds is 3. The average molecular weight is 275 g/mol. The second-order valence-corrected chi connectivity index (χ2v) is 4.75. The summed E-state index contributed by atoms with van der Waals surface area (Å²) in [7, 11) is 1.22. The highest BCUT2D eigenvalue weighted by Gasteiger charge is 2.48. The zero-order valence-corrected chi connectivity index (χ0v) is 10.4. The van der Waals surface area contributed by atoms with Crippen molar-refractivity contribution in [1.29, 1.82) is 0 Å². The van der Waals surface area contributed by atoms with Crippen molar-refractivity contribution < 1.29 is 24.1 Å². The number of aromatic hydroxyl groups is 1. The van der Waals surface area contributed by atoms with E-state index in [4.69, 9.17) is 16.3 Å². The molecule has 4 nitrogen and oxygen atoms in total. The quantitative estimate of drug-likeness (QED) is 0.889. The van der Waals surface area contributed by atoms with Crippen LogP contribution < -0.4 is 4.74 Å². The monoisotopic (exact) mass is 274 g/mol. The number of carboxylic acids is 1.